The lowest BCUT2D eigenvalue weighted by molar-refractivity contribution is -0.140. The van der Waals surface area contributed by atoms with Crippen molar-refractivity contribution in [2.24, 2.45) is 0 Å². The number of rotatable bonds is 9. The van der Waals surface area contributed by atoms with Crippen molar-refractivity contribution in [3.8, 4) is 16.3 Å². The minimum Gasteiger partial charge on any atom is -0.494 e. The van der Waals surface area contributed by atoms with Crippen molar-refractivity contribution in [1.82, 2.24) is 10.3 Å². The summed E-state index contributed by atoms with van der Waals surface area (Å²) in [7, 11) is 1.37. The molecule has 1 N–H and O–H groups in total. The second kappa shape index (κ2) is 9.78. The number of amides is 1. The molecule has 0 spiro atoms. The number of hydrogen-bond acceptors (Lipinski definition) is 6. The zero-order valence-corrected chi connectivity index (χ0v) is 15.2. The second-order valence-electron chi connectivity index (χ2n) is 5.28. The monoisotopic (exact) mass is 362 g/mol. The maximum Gasteiger partial charge on any atom is 0.305 e. The largest absolute Gasteiger partial charge is 0.494 e. The van der Waals surface area contributed by atoms with Gasteiger partial charge in [0.2, 0.25) is 0 Å². The molecule has 25 heavy (non-hydrogen) atoms. The number of hydrogen-bond donors (Lipinski definition) is 1. The minimum absolute atomic E-state index is 0.202. The smallest absolute Gasteiger partial charge is 0.305 e. The molecule has 1 aromatic carbocycles. The molecular formula is C18H22N2O4S. The highest BCUT2D eigenvalue weighted by molar-refractivity contribution is 7.13. The molecule has 0 unspecified atom stereocenters. The summed E-state index contributed by atoms with van der Waals surface area (Å²) in [4.78, 5) is 27.5. The zero-order valence-electron chi connectivity index (χ0n) is 14.4. The first-order valence-electron chi connectivity index (χ1n) is 8.17. The normalized spacial score (nSPS) is 10.3. The number of unbranched alkanes of at least 4 members (excludes halogenated alkanes) is 1. The van der Waals surface area contributed by atoms with E-state index in [4.69, 9.17) is 4.74 Å². The van der Waals surface area contributed by atoms with E-state index in [-0.39, 0.29) is 11.9 Å². The summed E-state index contributed by atoms with van der Waals surface area (Å²) < 4.78 is 9.99. The first-order chi connectivity index (χ1) is 12.1. The Morgan fingerprint density at radius 2 is 1.96 bits per heavy atom. The highest BCUT2D eigenvalue weighted by atomic mass is 32.1. The Bertz CT molecular complexity index is 697. The van der Waals surface area contributed by atoms with E-state index in [1.54, 1.807) is 5.38 Å². The predicted molar refractivity (Wildman–Crippen MR) is 96.9 cm³/mol. The number of benzene rings is 1. The van der Waals surface area contributed by atoms with Crippen LogP contribution in [0.4, 0.5) is 0 Å². The molecule has 0 aliphatic heterocycles. The zero-order chi connectivity index (χ0) is 18.1. The van der Waals surface area contributed by atoms with E-state index in [0.29, 0.717) is 31.7 Å². The fourth-order valence-corrected chi connectivity index (χ4v) is 2.97. The van der Waals surface area contributed by atoms with E-state index < -0.39 is 0 Å². The molecule has 0 saturated heterocycles. The van der Waals surface area contributed by atoms with E-state index in [9.17, 15) is 9.59 Å². The highest BCUT2D eigenvalue weighted by Crippen LogP contribution is 2.25. The quantitative estimate of drug-likeness (QED) is 0.547. The molecule has 0 aliphatic carbocycles. The fourth-order valence-electron chi connectivity index (χ4n) is 2.16. The van der Waals surface area contributed by atoms with Crippen LogP contribution in [0.25, 0.3) is 10.6 Å². The Hall–Kier alpha value is -2.41. The van der Waals surface area contributed by atoms with Gasteiger partial charge in [0.1, 0.15) is 16.5 Å². The molecule has 0 saturated carbocycles. The molecule has 1 heterocycles. The third kappa shape index (κ3) is 5.86. The third-order valence-corrected chi connectivity index (χ3v) is 4.36. The number of thiazole rings is 1. The molecule has 2 aromatic rings. The van der Waals surface area contributed by atoms with Gasteiger partial charge in [-0.05, 0) is 44.0 Å². The molecule has 2 rings (SSSR count). The summed E-state index contributed by atoms with van der Waals surface area (Å²) in [6.45, 7) is 3.07. The summed E-state index contributed by atoms with van der Waals surface area (Å²) in [5.41, 5.74) is 1.35. The minimum atomic E-state index is -0.231. The lowest BCUT2D eigenvalue weighted by atomic mass is 10.2. The SMILES string of the molecule is CCOc1ccc(-c2nc(C(=O)NCCCCC(=O)OC)cs2)cc1. The lowest BCUT2D eigenvalue weighted by Gasteiger charge is -2.03. The molecule has 0 atom stereocenters. The number of ether oxygens (including phenoxy) is 2. The van der Waals surface area contributed by atoms with Crippen molar-refractivity contribution >= 4 is 23.2 Å². The Labute approximate surface area is 151 Å². The highest BCUT2D eigenvalue weighted by Gasteiger charge is 2.11. The fraction of sp³-hybridized carbons (Fsp3) is 0.389. The van der Waals surface area contributed by atoms with Crippen LogP contribution >= 0.6 is 11.3 Å². The average molecular weight is 362 g/mol. The van der Waals surface area contributed by atoms with E-state index in [0.717, 1.165) is 22.7 Å². The van der Waals surface area contributed by atoms with Gasteiger partial charge in [0.25, 0.3) is 5.91 Å². The standard InChI is InChI=1S/C18H22N2O4S/c1-3-24-14-9-7-13(8-10-14)18-20-15(12-25-18)17(22)19-11-5-4-6-16(21)23-2/h7-10,12H,3-6,11H2,1-2H3,(H,19,22). The van der Waals surface area contributed by atoms with Crippen LogP contribution < -0.4 is 10.1 Å². The van der Waals surface area contributed by atoms with Crippen LogP contribution in [-0.4, -0.2) is 37.1 Å². The van der Waals surface area contributed by atoms with Crippen LogP contribution in [0, 0.1) is 0 Å². The molecule has 0 fully saturated rings. The van der Waals surface area contributed by atoms with Gasteiger partial charge in [-0.3, -0.25) is 9.59 Å². The molecule has 134 valence electrons. The number of carbonyl (C=O) groups excluding carboxylic acids is 2. The predicted octanol–water partition coefficient (Wildman–Crippen LogP) is 3.28. The van der Waals surface area contributed by atoms with Gasteiger partial charge in [0.15, 0.2) is 0 Å². The number of carbonyl (C=O) groups is 2. The number of esters is 1. The van der Waals surface area contributed by atoms with Crippen LogP contribution in [0.5, 0.6) is 5.75 Å². The number of aromatic nitrogens is 1. The summed E-state index contributed by atoms with van der Waals surface area (Å²) in [5, 5.41) is 5.35. The summed E-state index contributed by atoms with van der Waals surface area (Å²) >= 11 is 1.43. The molecular weight excluding hydrogens is 340 g/mol. The maximum atomic E-state index is 12.1. The molecule has 6 nitrogen and oxygen atoms in total. The Balaban J connectivity index is 1.83. The Morgan fingerprint density at radius 1 is 1.20 bits per heavy atom. The van der Waals surface area contributed by atoms with Crippen molar-refractivity contribution in [2.45, 2.75) is 26.2 Å². The average Bonchev–Trinajstić information content (AvgIpc) is 3.12. The number of methoxy groups -OCH3 is 1. The molecule has 1 aromatic heterocycles. The van der Waals surface area contributed by atoms with Crippen molar-refractivity contribution in [1.29, 1.82) is 0 Å². The Kier molecular flexibility index (Phi) is 7.40. The van der Waals surface area contributed by atoms with Gasteiger partial charge in [0, 0.05) is 23.9 Å². The number of nitrogens with zero attached hydrogens (tertiary/aromatic N) is 1. The second-order valence-corrected chi connectivity index (χ2v) is 6.14. The van der Waals surface area contributed by atoms with Crippen LogP contribution in [0.1, 0.15) is 36.7 Å². The van der Waals surface area contributed by atoms with Gasteiger partial charge in [-0.15, -0.1) is 11.3 Å². The van der Waals surface area contributed by atoms with E-state index in [2.05, 4.69) is 15.0 Å². The first-order valence-corrected chi connectivity index (χ1v) is 9.05. The molecule has 0 bridgehead atoms. The maximum absolute atomic E-state index is 12.1. The van der Waals surface area contributed by atoms with Crippen molar-refractivity contribution in [2.75, 3.05) is 20.3 Å². The lowest BCUT2D eigenvalue weighted by Crippen LogP contribution is -2.24. The van der Waals surface area contributed by atoms with Crippen molar-refractivity contribution in [3.63, 3.8) is 0 Å². The van der Waals surface area contributed by atoms with Crippen molar-refractivity contribution < 1.29 is 19.1 Å². The van der Waals surface area contributed by atoms with Gasteiger partial charge in [-0.1, -0.05) is 0 Å². The number of nitrogens with one attached hydrogen (secondary N) is 1. The van der Waals surface area contributed by atoms with Crippen LogP contribution in [0.2, 0.25) is 0 Å². The molecule has 0 radical (unpaired) electrons. The Morgan fingerprint density at radius 3 is 2.64 bits per heavy atom. The summed E-state index contributed by atoms with van der Waals surface area (Å²) in [6, 6.07) is 7.64. The van der Waals surface area contributed by atoms with E-state index >= 15 is 0 Å². The molecule has 7 heteroatoms. The van der Waals surface area contributed by atoms with Gasteiger partial charge in [-0.25, -0.2) is 4.98 Å². The summed E-state index contributed by atoms with van der Waals surface area (Å²) in [6.07, 6.45) is 1.77. The van der Waals surface area contributed by atoms with Gasteiger partial charge >= 0.3 is 5.97 Å². The summed E-state index contributed by atoms with van der Waals surface area (Å²) in [5.74, 6) is 0.380. The molecule has 1 amide bonds. The van der Waals surface area contributed by atoms with Crippen LogP contribution in [0.15, 0.2) is 29.6 Å². The third-order valence-electron chi connectivity index (χ3n) is 3.47. The van der Waals surface area contributed by atoms with Gasteiger partial charge in [0.05, 0.1) is 13.7 Å². The van der Waals surface area contributed by atoms with Crippen LogP contribution in [0.3, 0.4) is 0 Å². The van der Waals surface area contributed by atoms with Gasteiger partial charge < -0.3 is 14.8 Å². The van der Waals surface area contributed by atoms with Crippen molar-refractivity contribution in [3.05, 3.63) is 35.3 Å². The van der Waals surface area contributed by atoms with Gasteiger partial charge in [-0.2, -0.15) is 0 Å². The first kappa shape index (κ1) is 18.9. The van der Waals surface area contributed by atoms with E-state index in [1.165, 1.54) is 18.4 Å². The van der Waals surface area contributed by atoms with Crippen LogP contribution in [-0.2, 0) is 9.53 Å². The van der Waals surface area contributed by atoms with E-state index in [1.807, 2.05) is 31.2 Å². The topological polar surface area (TPSA) is 77.5 Å². The molecule has 0 aliphatic rings.